The molecule has 2 atom stereocenters. The smallest absolute Gasteiger partial charge is 0.225 e. The number of anilines is 1. The van der Waals surface area contributed by atoms with Gasteiger partial charge in [0.05, 0.1) is 30.8 Å². The molecule has 7 heteroatoms. The van der Waals surface area contributed by atoms with Gasteiger partial charge in [-0.25, -0.2) is 15.0 Å². The van der Waals surface area contributed by atoms with Crippen molar-refractivity contribution in [2.24, 2.45) is 11.3 Å². The van der Waals surface area contributed by atoms with Crippen molar-refractivity contribution in [2.45, 2.75) is 0 Å². The molecule has 4 rings (SSSR count). The normalized spacial score (nSPS) is 25.3. The molecule has 0 bridgehead atoms. The number of fused-ring (bicyclic) bond motifs is 1. The zero-order valence-electron chi connectivity index (χ0n) is 13.1. The molecule has 24 heavy (non-hydrogen) atoms. The lowest BCUT2D eigenvalue weighted by atomic mass is 9.82. The first-order valence-corrected chi connectivity index (χ1v) is 7.88. The molecule has 0 radical (unpaired) electrons. The van der Waals surface area contributed by atoms with Gasteiger partial charge in [-0.1, -0.05) is 0 Å². The maximum atomic E-state index is 8.83. The Hall–Kier alpha value is -2.72. The van der Waals surface area contributed by atoms with Crippen LogP contribution in [0.5, 0.6) is 5.88 Å². The second-order valence-electron chi connectivity index (χ2n) is 6.29. The van der Waals surface area contributed by atoms with Crippen molar-refractivity contribution in [1.82, 2.24) is 15.0 Å². The highest BCUT2D eigenvalue weighted by Crippen LogP contribution is 2.42. The molecule has 0 amide bonds. The number of aromatic nitrogens is 3. The maximum Gasteiger partial charge on any atom is 0.225 e. The first-order chi connectivity index (χ1) is 11.8. The molecular formula is C17H17N5O2. The van der Waals surface area contributed by atoms with Crippen LogP contribution in [0, 0.1) is 22.7 Å². The van der Waals surface area contributed by atoms with Crippen LogP contribution in [-0.4, -0.2) is 47.9 Å². The summed E-state index contributed by atoms with van der Waals surface area (Å²) in [6.07, 6.45) is 5.04. The van der Waals surface area contributed by atoms with E-state index >= 15 is 0 Å². The maximum absolute atomic E-state index is 8.83. The zero-order valence-corrected chi connectivity index (χ0v) is 13.1. The van der Waals surface area contributed by atoms with Crippen LogP contribution < -0.4 is 9.64 Å². The number of pyridine rings is 1. The van der Waals surface area contributed by atoms with E-state index in [9.17, 15) is 0 Å². The average Bonchev–Trinajstić information content (AvgIpc) is 3.18. The van der Waals surface area contributed by atoms with Crippen LogP contribution in [0.15, 0.2) is 36.8 Å². The Bertz CT molecular complexity index is 746. The van der Waals surface area contributed by atoms with Gasteiger partial charge in [0.2, 0.25) is 11.8 Å². The van der Waals surface area contributed by atoms with E-state index in [4.69, 9.17) is 14.7 Å². The monoisotopic (exact) mass is 323 g/mol. The molecule has 0 N–H and O–H groups in total. The minimum Gasteiger partial charge on any atom is -0.477 e. The Morgan fingerprint density at radius 3 is 2.96 bits per heavy atom. The van der Waals surface area contributed by atoms with Gasteiger partial charge in [-0.3, -0.25) is 0 Å². The van der Waals surface area contributed by atoms with Gasteiger partial charge < -0.3 is 14.4 Å². The third-order valence-electron chi connectivity index (χ3n) is 4.73. The summed E-state index contributed by atoms with van der Waals surface area (Å²) in [6, 6.07) is 7.31. The van der Waals surface area contributed by atoms with Crippen LogP contribution in [0.3, 0.4) is 0 Å². The van der Waals surface area contributed by atoms with Crippen LogP contribution >= 0.6 is 0 Å². The summed E-state index contributed by atoms with van der Waals surface area (Å²) in [5.41, 5.74) is 0.449. The van der Waals surface area contributed by atoms with E-state index in [1.54, 1.807) is 24.5 Å². The third-order valence-corrected chi connectivity index (χ3v) is 4.73. The second kappa shape index (κ2) is 6.06. The largest absolute Gasteiger partial charge is 0.477 e. The van der Waals surface area contributed by atoms with Gasteiger partial charge in [-0.15, -0.1) is 0 Å². The topological polar surface area (TPSA) is 84.2 Å². The summed E-state index contributed by atoms with van der Waals surface area (Å²) in [5, 5.41) is 8.83. The van der Waals surface area contributed by atoms with Crippen molar-refractivity contribution in [2.75, 3.05) is 37.8 Å². The summed E-state index contributed by atoms with van der Waals surface area (Å²) < 4.78 is 11.6. The SMILES string of the molecule is N#Cc1ccc(OC[C@]23COC[C@H]2CN(c2ncccn2)C3)nc1. The lowest BCUT2D eigenvalue weighted by Crippen LogP contribution is -2.37. The van der Waals surface area contributed by atoms with E-state index in [1.807, 2.05) is 6.07 Å². The summed E-state index contributed by atoms with van der Waals surface area (Å²) in [5.74, 6) is 1.67. The highest BCUT2D eigenvalue weighted by atomic mass is 16.5. The number of hydrogen-bond donors (Lipinski definition) is 0. The molecule has 2 aliphatic rings. The Morgan fingerprint density at radius 1 is 1.33 bits per heavy atom. The third kappa shape index (κ3) is 2.65. The van der Waals surface area contributed by atoms with Gasteiger partial charge in [-0.2, -0.15) is 5.26 Å². The first-order valence-electron chi connectivity index (χ1n) is 7.88. The van der Waals surface area contributed by atoms with Crippen LogP contribution in [0.2, 0.25) is 0 Å². The summed E-state index contributed by atoms with van der Waals surface area (Å²) >= 11 is 0. The van der Waals surface area contributed by atoms with E-state index in [1.165, 1.54) is 6.20 Å². The molecule has 2 saturated heterocycles. The fraction of sp³-hybridized carbons (Fsp3) is 0.412. The lowest BCUT2D eigenvalue weighted by Gasteiger charge is -2.26. The summed E-state index contributed by atoms with van der Waals surface area (Å²) in [6.45, 7) is 3.59. The van der Waals surface area contributed by atoms with Crippen LogP contribution in [0.4, 0.5) is 5.95 Å². The quantitative estimate of drug-likeness (QED) is 0.838. The van der Waals surface area contributed by atoms with Gasteiger partial charge in [0.15, 0.2) is 0 Å². The van der Waals surface area contributed by atoms with Crippen molar-refractivity contribution in [1.29, 1.82) is 5.26 Å². The van der Waals surface area contributed by atoms with Crippen molar-refractivity contribution in [3.05, 3.63) is 42.4 Å². The average molecular weight is 323 g/mol. The first kappa shape index (κ1) is 14.8. The zero-order chi connectivity index (χ0) is 16.4. The number of ether oxygens (including phenoxy) is 2. The van der Waals surface area contributed by atoms with E-state index < -0.39 is 0 Å². The predicted molar refractivity (Wildman–Crippen MR) is 85.4 cm³/mol. The molecule has 0 spiro atoms. The summed E-state index contributed by atoms with van der Waals surface area (Å²) in [4.78, 5) is 15.1. The van der Waals surface area contributed by atoms with Gasteiger partial charge >= 0.3 is 0 Å². The fourth-order valence-corrected chi connectivity index (χ4v) is 3.39. The lowest BCUT2D eigenvalue weighted by molar-refractivity contribution is 0.108. The van der Waals surface area contributed by atoms with Gasteiger partial charge in [0, 0.05) is 43.7 Å². The minimum atomic E-state index is -0.0746. The highest BCUT2D eigenvalue weighted by Gasteiger charge is 2.52. The van der Waals surface area contributed by atoms with Crippen LogP contribution in [0.25, 0.3) is 0 Å². The molecule has 2 aliphatic heterocycles. The molecule has 0 aliphatic carbocycles. The standard InChI is InChI=1S/C17H17N5O2/c18-6-13-2-3-15(21-7-13)24-12-17-10-22(8-14(17)9-23-11-17)16-19-4-1-5-20-16/h1-5,7,14H,8-12H2/t14-,17+/m1/s1. The van der Waals surface area contributed by atoms with Crippen LogP contribution in [-0.2, 0) is 4.74 Å². The Labute approximate surface area is 139 Å². The van der Waals surface area contributed by atoms with Gasteiger partial charge in [0.25, 0.3) is 0 Å². The van der Waals surface area contributed by atoms with E-state index in [2.05, 4.69) is 25.9 Å². The van der Waals surface area contributed by atoms with Crippen LogP contribution in [0.1, 0.15) is 5.56 Å². The molecule has 2 aromatic heterocycles. The highest BCUT2D eigenvalue weighted by molar-refractivity contribution is 5.34. The molecule has 0 unspecified atom stereocenters. The predicted octanol–water partition coefficient (Wildman–Crippen LogP) is 1.28. The number of rotatable bonds is 4. The Balaban J connectivity index is 1.47. The molecule has 0 saturated carbocycles. The molecule has 4 heterocycles. The van der Waals surface area contributed by atoms with Crippen molar-refractivity contribution in [3.8, 4) is 11.9 Å². The molecule has 2 aromatic rings. The molecular weight excluding hydrogens is 306 g/mol. The molecule has 122 valence electrons. The molecule has 7 nitrogen and oxygen atoms in total. The Morgan fingerprint density at radius 2 is 2.21 bits per heavy atom. The number of nitriles is 1. The van der Waals surface area contributed by atoms with Gasteiger partial charge in [-0.05, 0) is 12.1 Å². The van der Waals surface area contributed by atoms with Crippen molar-refractivity contribution < 1.29 is 9.47 Å². The van der Waals surface area contributed by atoms with E-state index in [-0.39, 0.29) is 5.41 Å². The minimum absolute atomic E-state index is 0.0746. The van der Waals surface area contributed by atoms with E-state index in [0.29, 0.717) is 30.6 Å². The molecule has 0 aromatic carbocycles. The second-order valence-corrected chi connectivity index (χ2v) is 6.29. The van der Waals surface area contributed by atoms with Crippen molar-refractivity contribution in [3.63, 3.8) is 0 Å². The van der Waals surface area contributed by atoms with E-state index in [0.717, 1.165) is 25.6 Å². The fourth-order valence-electron chi connectivity index (χ4n) is 3.39. The number of nitrogens with zero attached hydrogens (tertiary/aromatic N) is 5. The Kier molecular flexibility index (Phi) is 3.75. The molecule has 2 fully saturated rings. The van der Waals surface area contributed by atoms with Crippen molar-refractivity contribution >= 4 is 5.95 Å². The number of hydrogen-bond acceptors (Lipinski definition) is 7. The summed E-state index contributed by atoms with van der Waals surface area (Å²) in [7, 11) is 0. The van der Waals surface area contributed by atoms with Gasteiger partial charge in [0.1, 0.15) is 6.07 Å².